The SMILES string of the molecule is COCCN=C(N)CCC(F)(F)F. The molecule has 0 unspecified atom stereocenters. The van der Waals surface area contributed by atoms with Gasteiger partial charge in [0.15, 0.2) is 0 Å². The van der Waals surface area contributed by atoms with Crippen molar-refractivity contribution in [1.29, 1.82) is 0 Å². The third-order valence-electron chi connectivity index (χ3n) is 1.27. The molecule has 0 aromatic heterocycles. The summed E-state index contributed by atoms with van der Waals surface area (Å²) in [5, 5.41) is 0. The van der Waals surface area contributed by atoms with Crippen molar-refractivity contribution in [3.8, 4) is 0 Å². The van der Waals surface area contributed by atoms with Gasteiger partial charge in [-0.05, 0) is 0 Å². The van der Waals surface area contributed by atoms with Crippen molar-refractivity contribution in [2.75, 3.05) is 20.3 Å². The lowest BCUT2D eigenvalue weighted by molar-refractivity contribution is -0.132. The largest absolute Gasteiger partial charge is 0.389 e. The van der Waals surface area contributed by atoms with Gasteiger partial charge in [0.25, 0.3) is 0 Å². The number of methoxy groups -OCH3 is 1. The second kappa shape index (κ2) is 5.80. The molecular weight excluding hydrogens is 185 g/mol. The molecule has 0 heterocycles. The van der Waals surface area contributed by atoms with Crippen LogP contribution in [0.15, 0.2) is 4.99 Å². The summed E-state index contributed by atoms with van der Waals surface area (Å²) in [5.74, 6) is 0.0226. The molecule has 0 atom stereocenters. The molecule has 0 saturated carbocycles. The third-order valence-corrected chi connectivity index (χ3v) is 1.27. The first kappa shape index (κ1) is 12.2. The van der Waals surface area contributed by atoms with Gasteiger partial charge in [0.2, 0.25) is 0 Å². The molecule has 13 heavy (non-hydrogen) atoms. The van der Waals surface area contributed by atoms with Crippen molar-refractivity contribution >= 4 is 5.84 Å². The van der Waals surface area contributed by atoms with Crippen LogP contribution in [0.3, 0.4) is 0 Å². The van der Waals surface area contributed by atoms with E-state index in [9.17, 15) is 13.2 Å². The van der Waals surface area contributed by atoms with Crippen LogP contribution in [0.2, 0.25) is 0 Å². The minimum atomic E-state index is -4.17. The molecule has 0 aromatic rings. The second-order valence-electron chi connectivity index (χ2n) is 2.48. The first-order chi connectivity index (χ1) is 5.95. The van der Waals surface area contributed by atoms with E-state index in [4.69, 9.17) is 5.73 Å². The predicted octanol–water partition coefficient (Wildman–Crippen LogP) is 1.33. The summed E-state index contributed by atoms with van der Waals surface area (Å²) in [4.78, 5) is 3.69. The Labute approximate surface area is 74.8 Å². The number of halogens is 3. The van der Waals surface area contributed by atoms with Gasteiger partial charge in [-0.1, -0.05) is 0 Å². The number of ether oxygens (including phenoxy) is 1. The lowest BCUT2D eigenvalue weighted by Gasteiger charge is -2.05. The highest BCUT2D eigenvalue weighted by atomic mass is 19.4. The van der Waals surface area contributed by atoms with E-state index < -0.39 is 12.6 Å². The Hall–Kier alpha value is -0.780. The fourth-order valence-electron chi connectivity index (χ4n) is 0.629. The third kappa shape index (κ3) is 9.13. The molecule has 0 aromatic carbocycles. The molecule has 6 heteroatoms. The van der Waals surface area contributed by atoms with E-state index in [0.717, 1.165) is 0 Å². The van der Waals surface area contributed by atoms with Crippen molar-refractivity contribution in [3.63, 3.8) is 0 Å². The van der Waals surface area contributed by atoms with Crippen LogP contribution in [0.25, 0.3) is 0 Å². The van der Waals surface area contributed by atoms with Gasteiger partial charge in [0.05, 0.1) is 25.4 Å². The molecular formula is C7H13F3N2O. The van der Waals surface area contributed by atoms with Crippen molar-refractivity contribution in [3.05, 3.63) is 0 Å². The number of amidine groups is 1. The zero-order valence-electron chi connectivity index (χ0n) is 7.40. The maximum absolute atomic E-state index is 11.7. The van der Waals surface area contributed by atoms with E-state index in [-0.39, 0.29) is 12.3 Å². The van der Waals surface area contributed by atoms with Gasteiger partial charge in [0.1, 0.15) is 0 Å². The summed E-state index contributed by atoms with van der Waals surface area (Å²) in [6.45, 7) is 0.674. The number of nitrogens with zero attached hydrogens (tertiary/aromatic N) is 1. The fourth-order valence-corrected chi connectivity index (χ4v) is 0.629. The molecule has 0 saturated heterocycles. The summed E-state index contributed by atoms with van der Waals surface area (Å²) in [7, 11) is 1.49. The zero-order valence-corrected chi connectivity index (χ0v) is 7.40. The molecule has 0 bridgehead atoms. The van der Waals surface area contributed by atoms with Gasteiger partial charge in [0, 0.05) is 13.5 Å². The minimum Gasteiger partial charge on any atom is -0.387 e. The number of hydrogen-bond donors (Lipinski definition) is 1. The lowest BCUT2D eigenvalue weighted by Crippen LogP contribution is -2.18. The highest BCUT2D eigenvalue weighted by Crippen LogP contribution is 2.20. The van der Waals surface area contributed by atoms with Crippen LogP contribution in [-0.4, -0.2) is 32.3 Å². The number of rotatable bonds is 5. The lowest BCUT2D eigenvalue weighted by atomic mass is 10.3. The van der Waals surface area contributed by atoms with E-state index in [2.05, 4.69) is 9.73 Å². The van der Waals surface area contributed by atoms with Gasteiger partial charge in [-0.25, -0.2) is 0 Å². The Kier molecular flexibility index (Phi) is 5.45. The van der Waals surface area contributed by atoms with Gasteiger partial charge in [-0.15, -0.1) is 0 Å². The van der Waals surface area contributed by atoms with E-state index in [0.29, 0.717) is 13.2 Å². The van der Waals surface area contributed by atoms with Crippen LogP contribution in [0.4, 0.5) is 13.2 Å². The van der Waals surface area contributed by atoms with Crippen molar-refractivity contribution in [1.82, 2.24) is 0 Å². The molecule has 0 aliphatic carbocycles. The van der Waals surface area contributed by atoms with Gasteiger partial charge in [-0.3, -0.25) is 4.99 Å². The maximum atomic E-state index is 11.7. The molecule has 0 aliphatic rings. The molecule has 3 nitrogen and oxygen atoms in total. The average Bonchev–Trinajstić information content (AvgIpc) is 2.00. The van der Waals surface area contributed by atoms with Crippen molar-refractivity contribution in [2.24, 2.45) is 10.7 Å². The number of alkyl halides is 3. The van der Waals surface area contributed by atoms with Crippen LogP contribution in [0.1, 0.15) is 12.8 Å². The zero-order chi connectivity index (χ0) is 10.3. The minimum absolute atomic E-state index is 0.0226. The standard InChI is InChI=1S/C7H13F3N2O/c1-13-5-4-12-6(11)2-3-7(8,9)10/h2-5H2,1H3,(H2,11,12). The van der Waals surface area contributed by atoms with Gasteiger partial charge in [-0.2, -0.15) is 13.2 Å². The Morgan fingerprint density at radius 1 is 1.46 bits per heavy atom. The maximum Gasteiger partial charge on any atom is 0.389 e. The second-order valence-corrected chi connectivity index (χ2v) is 2.48. The number of hydrogen-bond acceptors (Lipinski definition) is 2. The molecule has 2 N–H and O–H groups in total. The van der Waals surface area contributed by atoms with E-state index in [1.165, 1.54) is 7.11 Å². The topological polar surface area (TPSA) is 47.6 Å². The highest BCUT2D eigenvalue weighted by molar-refractivity contribution is 5.80. The molecule has 0 aliphatic heterocycles. The summed E-state index contributed by atoms with van der Waals surface area (Å²) < 4.78 is 39.7. The Morgan fingerprint density at radius 2 is 2.08 bits per heavy atom. The quantitative estimate of drug-likeness (QED) is 0.411. The molecule has 78 valence electrons. The Bertz CT molecular complexity index is 168. The average molecular weight is 198 g/mol. The number of aliphatic imine (C=N–C) groups is 1. The molecule has 0 rings (SSSR count). The van der Waals surface area contributed by atoms with E-state index in [1.54, 1.807) is 0 Å². The Morgan fingerprint density at radius 3 is 2.54 bits per heavy atom. The molecule has 0 fully saturated rings. The Balaban J connectivity index is 3.61. The summed E-state index contributed by atoms with van der Waals surface area (Å²) in [5.41, 5.74) is 5.22. The van der Waals surface area contributed by atoms with Crippen LogP contribution < -0.4 is 5.73 Å². The highest BCUT2D eigenvalue weighted by Gasteiger charge is 2.26. The summed E-state index contributed by atoms with van der Waals surface area (Å²) in [6, 6.07) is 0. The van der Waals surface area contributed by atoms with E-state index in [1.807, 2.05) is 0 Å². The predicted molar refractivity (Wildman–Crippen MR) is 43.7 cm³/mol. The van der Waals surface area contributed by atoms with Gasteiger partial charge < -0.3 is 10.5 Å². The van der Waals surface area contributed by atoms with Gasteiger partial charge >= 0.3 is 6.18 Å². The normalized spacial score (nSPS) is 13.4. The van der Waals surface area contributed by atoms with E-state index >= 15 is 0 Å². The first-order valence-corrected chi connectivity index (χ1v) is 3.80. The van der Waals surface area contributed by atoms with Crippen LogP contribution in [0, 0.1) is 0 Å². The van der Waals surface area contributed by atoms with Crippen molar-refractivity contribution < 1.29 is 17.9 Å². The monoisotopic (exact) mass is 198 g/mol. The fraction of sp³-hybridized carbons (Fsp3) is 0.857. The molecule has 0 spiro atoms. The van der Waals surface area contributed by atoms with Crippen LogP contribution >= 0.6 is 0 Å². The van der Waals surface area contributed by atoms with Crippen LogP contribution in [-0.2, 0) is 4.74 Å². The number of nitrogens with two attached hydrogens (primary N) is 1. The molecule has 0 amide bonds. The smallest absolute Gasteiger partial charge is 0.387 e. The van der Waals surface area contributed by atoms with Crippen LogP contribution in [0.5, 0.6) is 0 Å². The summed E-state index contributed by atoms with van der Waals surface area (Å²) >= 11 is 0. The summed E-state index contributed by atoms with van der Waals surface area (Å²) in [6.07, 6.45) is -5.33. The molecule has 0 radical (unpaired) electrons. The first-order valence-electron chi connectivity index (χ1n) is 3.80. The van der Waals surface area contributed by atoms with Crippen molar-refractivity contribution in [2.45, 2.75) is 19.0 Å².